The standard InChI is InChI=1S/C15H19NO2S2/c1-4-16-15(13-8-11(2)19-10-13)12-6-5-7-14(9-12)20(3,17)18/h5-10,15-16H,4H2,1-3H3. The fourth-order valence-corrected chi connectivity index (χ4v) is 3.58. The monoisotopic (exact) mass is 309 g/mol. The van der Waals surface area contributed by atoms with Crippen molar-refractivity contribution in [2.24, 2.45) is 0 Å². The second-order valence-electron chi connectivity index (χ2n) is 4.83. The minimum Gasteiger partial charge on any atom is -0.307 e. The maximum absolute atomic E-state index is 11.7. The summed E-state index contributed by atoms with van der Waals surface area (Å²) in [5, 5.41) is 5.54. The highest BCUT2D eigenvalue weighted by molar-refractivity contribution is 7.90. The molecule has 2 rings (SSSR count). The number of thiophene rings is 1. The first-order valence-electron chi connectivity index (χ1n) is 6.50. The third-order valence-electron chi connectivity index (χ3n) is 3.11. The van der Waals surface area contributed by atoms with Crippen LogP contribution in [0.25, 0.3) is 0 Å². The highest BCUT2D eigenvalue weighted by Gasteiger charge is 2.16. The van der Waals surface area contributed by atoms with Gasteiger partial charge in [0.05, 0.1) is 10.9 Å². The van der Waals surface area contributed by atoms with E-state index in [1.165, 1.54) is 16.7 Å². The molecule has 108 valence electrons. The lowest BCUT2D eigenvalue weighted by molar-refractivity contribution is 0.600. The molecule has 0 radical (unpaired) electrons. The van der Waals surface area contributed by atoms with Crippen molar-refractivity contribution in [2.75, 3.05) is 12.8 Å². The average molecular weight is 309 g/mol. The molecular formula is C15H19NO2S2. The number of benzene rings is 1. The Labute approximate surface area is 124 Å². The molecular weight excluding hydrogens is 290 g/mol. The van der Waals surface area contributed by atoms with E-state index in [-0.39, 0.29) is 6.04 Å². The van der Waals surface area contributed by atoms with Gasteiger partial charge in [0.1, 0.15) is 0 Å². The predicted octanol–water partition coefficient (Wildman–Crippen LogP) is 3.16. The summed E-state index contributed by atoms with van der Waals surface area (Å²) in [6.45, 7) is 4.94. The highest BCUT2D eigenvalue weighted by Crippen LogP contribution is 2.27. The molecule has 3 nitrogen and oxygen atoms in total. The number of aryl methyl sites for hydroxylation is 1. The number of hydrogen-bond acceptors (Lipinski definition) is 4. The van der Waals surface area contributed by atoms with Crippen LogP contribution in [0.4, 0.5) is 0 Å². The van der Waals surface area contributed by atoms with Crippen molar-refractivity contribution in [3.8, 4) is 0 Å². The summed E-state index contributed by atoms with van der Waals surface area (Å²) in [5.41, 5.74) is 2.16. The van der Waals surface area contributed by atoms with Crippen molar-refractivity contribution in [2.45, 2.75) is 24.8 Å². The number of sulfone groups is 1. The third kappa shape index (κ3) is 3.48. The number of hydrogen-bond donors (Lipinski definition) is 1. The van der Waals surface area contributed by atoms with Gasteiger partial charge in [0.15, 0.2) is 9.84 Å². The summed E-state index contributed by atoms with van der Waals surface area (Å²) in [4.78, 5) is 1.62. The number of rotatable bonds is 5. The van der Waals surface area contributed by atoms with E-state index in [1.807, 2.05) is 13.0 Å². The summed E-state index contributed by atoms with van der Waals surface area (Å²) in [7, 11) is -3.18. The molecule has 1 unspecified atom stereocenters. The summed E-state index contributed by atoms with van der Waals surface area (Å²) in [6.07, 6.45) is 1.24. The SMILES string of the molecule is CCNC(c1cccc(S(C)(=O)=O)c1)c1csc(C)c1. The lowest BCUT2D eigenvalue weighted by Gasteiger charge is -2.18. The number of nitrogens with one attached hydrogen (secondary N) is 1. The maximum atomic E-state index is 11.7. The van der Waals surface area contributed by atoms with Gasteiger partial charge < -0.3 is 5.32 Å². The van der Waals surface area contributed by atoms with Gasteiger partial charge in [-0.05, 0) is 48.2 Å². The molecule has 0 amide bonds. The minimum atomic E-state index is -3.18. The first-order chi connectivity index (χ1) is 9.41. The van der Waals surface area contributed by atoms with Gasteiger partial charge in [0.2, 0.25) is 0 Å². The summed E-state index contributed by atoms with van der Waals surface area (Å²) < 4.78 is 23.4. The smallest absolute Gasteiger partial charge is 0.175 e. The van der Waals surface area contributed by atoms with Gasteiger partial charge in [-0.15, -0.1) is 11.3 Å². The van der Waals surface area contributed by atoms with Crippen LogP contribution < -0.4 is 5.32 Å². The second-order valence-corrected chi connectivity index (χ2v) is 7.96. The zero-order valence-corrected chi connectivity index (χ0v) is 13.5. The summed E-state index contributed by atoms with van der Waals surface area (Å²) in [6, 6.07) is 9.35. The molecule has 0 saturated carbocycles. The lowest BCUT2D eigenvalue weighted by Crippen LogP contribution is -2.21. The Morgan fingerprint density at radius 1 is 1.25 bits per heavy atom. The van der Waals surface area contributed by atoms with Crippen LogP contribution >= 0.6 is 11.3 Å². The van der Waals surface area contributed by atoms with Crippen LogP contribution in [0.5, 0.6) is 0 Å². The van der Waals surface area contributed by atoms with Crippen LogP contribution in [0.15, 0.2) is 40.6 Å². The molecule has 0 aliphatic carbocycles. The molecule has 1 atom stereocenters. The summed E-state index contributed by atoms with van der Waals surface area (Å²) >= 11 is 1.70. The first kappa shape index (κ1) is 15.2. The Morgan fingerprint density at radius 2 is 2.00 bits per heavy atom. The Kier molecular flexibility index (Phi) is 4.62. The Balaban J connectivity index is 2.45. The quantitative estimate of drug-likeness (QED) is 0.923. The van der Waals surface area contributed by atoms with Gasteiger partial charge in [-0.3, -0.25) is 0 Å². The van der Waals surface area contributed by atoms with E-state index in [0.717, 1.165) is 12.1 Å². The topological polar surface area (TPSA) is 46.2 Å². The first-order valence-corrected chi connectivity index (χ1v) is 9.27. The van der Waals surface area contributed by atoms with Gasteiger partial charge in [-0.1, -0.05) is 19.1 Å². The van der Waals surface area contributed by atoms with Gasteiger partial charge >= 0.3 is 0 Å². The van der Waals surface area contributed by atoms with E-state index in [1.54, 1.807) is 29.5 Å². The zero-order chi connectivity index (χ0) is 14.8. The van der Waals surface area contributed by atoms with Crippen molar-refractivity contribution in [3.05, 3.63) is 51.7 Å². The Hall–Kier alpha value is -1.17. The zero-order valence-electron chi connectivity index (χ0n) is 11.9. The molecule has 5 heteroatoms. The van der Waals surface area contributed by atoms with Gasteiger partial charge in [0, 0.05) is 11.1 Å². The largest absolute Gasteiger partial charge is 0.307 e. The second kappa shape index (κ2) is 6.08. The fraction of sp³-hybridized carbons (Fsp3) is 0.333. The maximum Gasteiger partial charge on any atom is 0.175 e. The molecule has 20 heavy (non-hydrogen) atoms. The average Bonchev–Trinajstić information content (AvgIpc) is 2.81. The molecule has 1 aromatic carbocycles. The lowest BCUT2D eigenvalue weighted by atomic mass is 10.0. The van der Waals surface area contributed by atoms with Crippen molar-refractivity contribution in [3.63, 3.8) is 0 Å². The van der Waals surface area contributed by atoms with E-state index in [9.17, 15) is 8.42 Å². The molecule has 0 saturated heterocycles. The van der Waals surface area contributed by atoms with E-state index in [4.69, 9.17) is 0 Å². The normalized spacial score (nSPS) is 13.3. The van der Waals surface area contributed by atoms with Gasteiger partial charge in [-0.25, -0.2) is 8.42 Å². The van der Waals surface area contributed by atoms with Crippen LogP contribution in [0.3, 0.4) is 0 Å². The Bertz CT molecular complexity index is 689. The van der Waals surface area contributed by atoms with E-state index < -0.39 is 9.84 Å². The van der Waals surface area contributed by atoms with Gasteiger partial charge in [-0.2, -0.15) is 0 Å². The molecule has 1 aromatic heterocycles. The van der Waals surface area contributed by atoms with Gasteiger partial charge in [0.25, 0.3) is 0 Å². The molecule has 1 heterocycles. The minimum absolute atomic E-state index is 0.0339. The van der Waals surface area contributed by atoms with E-state index in [2.05, 4.69) is 23.7 Å². The molecule has 1 N–H and O–H groups in total. The van der Waals surface area contributed by atoms with E-state index in [0.29, 0.717) is 4.90 Å². The molecule has 0 bridgehead atoms. The van der Waals surface area contributed by atoms with Crippen LogP contribution in [-0.4, -0.2) is 21.2 Å². The van der Waals surface area contributed by atoms with E-state index >= 15 is 0 Å². The third-order valence-corrected chi connectivity index (χ3v) is 5.10. The highest BCUT2D eigenvalue weighted by atomic mass is 32.2. The van der Waals surface area contributed by atoms with Crippen LogP contribution in [-0.2, 0) is 9.84 Å². The predicted molar refractivity (Wildman–Crippen MR) is 84.1 cm³/mol. The van der Waals surface area contributed by atoms with Crippen molar-refractivity contribution >= 4 is 21.2 Å². The Morgan fingerprint density at radius 3 is 2.55 bits per heavy atom. The summed E-state index contributed by atoms with van der Waals surface area (Å²) in [5.74, 6) is 0. The molecule has 0 fully saturated rings. The van der Waals surface area contributed by atoms with Crippen LogP contribution in [0, 0.1) is 6.92 Å². The van der Waals surface area contributed by atoms with Crippen molar-refractivity contribution < 1.29 is 8.42 Å². The van der Waals surface area contributed by atoms with Crippen molar-refractivity contribution in [1.29, 1.82) is 0 Å². The van der Waals surface area contributed by atoms with Crippen LogP contribution in [0.1, 0.15) is 29.0 Å². The molecule has 0 aliphatic rings. The molecule has 2 aromatic rings. The molecule has 0 aliphatic heterocycles. The van der Waals surface area contributed by atoms with Crippen molar-refractivity contribution in [1.82, 2.24) is 5.32 Å². The molecule has 0 spiro atoms. The fourth-order valence-electron chi connectivity index (χ4n) is 2.17. The van der Waals surface area contributed by atoms with Crippen LogP contribution in [0.2, 0.25) is 0 Å².